The van der Waals surface area contributed by atoms with E-state index >= 15 is 0 Å². The van der Waals surface area contributed by atoms with Gasteiger partial charge >= 0.3 is 0 Å². The third kappa shape index (κ3) is 3.94. The van der Waals surface area contributed by atoms with Crippen molar-refractivity contribution in [2.45, 2.75) is 64.6 Å². The number of rotatable bonds is 2. The Balaban J connectivity index is 1.92. The van der Waals surface area contributed by atoms with Crippen LogP contribution in [0.4, 0.5) is 0 Å². The largest absolute Gasteiger partial charge is 0.378 e. The molecule has 18 heavy (non-hydrogen) atoms. The Morgan fingerprint density at radius 2 is 2.11 bits per heavy atom. The summed E-state index contributed by atoms with van der Waals surface area (Å²) >= 11 is 0. The van der Waals surface area contributed by atoms with E-state index in [4.69, 9.17) is 4.74 Å². The highest BCUT2D eigenvalue weighted by Gasteiger charge is 2.27. The van der Waals surface area contributed by atoms with Crippen molar-refractivity contribution in [3.63, 3.8) is 0 Å². The van der Waals surface area contributed by atoms with E-state index in [1.54, 1.807) is 0 Å². The molecular formula is C15H30N2O. The van der Waals surface area contributed by atoms with Gasteiger partial charge in [0.05, 0.1) is 6.10 Å². The van der Waals surface area contributed by atoms with Gasteiger partial charge in [-0.1, -0.05) is 13.8 Å². The predicted octanol–water partition coefficient (Wildman–Crippen LogP) is 2.26. The first-order chi connectivity index (χ1) is 8.69. The van der Waals surface area contributed by atoms with Gasteiger partial charge in [-0.15, -0.1) is 0 Å². The molecule has 4 atom stereocenters. The average Bonchev–Trinajstić information content (AvgIpc) is 2.34. The monoisotopic (exact) mass is 254 g/mol. The molecule has 3 nitrogen and oxygen atoms in total. The summed E-state index contributed by atoms with van der Waals surface area (Å²) in [6.07, 6.45) is 5.45. The van der Waals surface area contributed by atoms with Gasteiger partial charge in [0.2, 0.25) is 0 Å². The van der Waals surface area contributed by atoms with Gasteiger partial charge < -0.3 is 10.1 Å². The van der Waals surface area contributed by atoms with Crippen LogP contribution in [-0.4, -0.2) is 49.3 Å². The highest BCUT2D eigenvalue weighted by atomic mass is 16.5. The van der Waals surface area contributed by atoms with Crippen LogP contribution in [0, 0.1) is 5.92 Å². The molecule has 3 heteroatoms. The van der Waals surface area contributed by atoms with Crippen molar-refractivity contribution >= 4 is 0 Å². The minimum absolute atomic E-state index is 0.449. The van der Waals surface area contributed by atoms with Crippen LogP contribution in [0.5, 0.6) is 0 Å². The molecule has 2 heterocycles. The molecule has 2 aliphatic rings. The van der Waals surface area contributed by atoms with Gasteiger partial charge in [0.25, 0.3) is 0 Å². The van der Waals surface area contributed by atoms with Crippen LogP contribution in [0.15, 0.2) is 0 Å². The van der Waals surface area contributed by atoms with Crippen LogP contribution in [0.2, 0.25) is 0 Å². The van der Waals surface area contributed by atoms with Gasteiger partial charge in [0.15, 0.2) is 0 Å². The topological polar surface area (TPSA) is 24.5 Å². The molecule has 0 aromatic rings. The van der Waals surface area contributed by atoms with E-state index in [1.807, 2.05) is 0 Å². The fourth-order valence-corrected chi connectivity index (χ4v) is 3.33. The highest BCUT2D eigenvalue weighted by Crippen LogP contribution is 2.21. The molecule has 0 amide bonds. The Labute approximate surface area is 112 Å². The molecule has 106 valence electrons. The first-order valence-corrected chi connectivity index (χ1v) is 7.78. The summed E-state index contributed by atoms with van der Waals surface area (Å²) < 4.78 is 5.68. The molecule has 0 radical (unpaired) electrons. The van der Waals surface area contributed by atoms with Crippen molar-refractivity contribution in [2.75, 3.05) is 26.2 Å². The van der Waals surface area contributed by atoms with E-state index in [-0.39, 0.29) is 0 Å². The maximum atomic E-state index is 5.68. The number of hydrogen-bond donors (Lipinski definition) is 1. The number of nitrogens with one attached hydrogen (secondary N) is 1. The van der Waals surface area contributed by atoms with Crippen molar-refractivity contribution < 1.29 is 4.74 Å². The predicted molar refractivity (Wildman–Crippen MR) is 75.9 cm³/mol. The molecule has 0 aromatic carbocycles. The third-order valence-electron chi connectivity index (χ3n) is 4.53. The fraction of sp³-hybridized carbons (Fsp3) is 1.00. The second-order valence-electron chi connectivity index (χ2n) is 6.26. The standard InChI is InChI=1S/C15H30N2O/c1-4-14-5-7-17(11-12(2)10-16-14)15-6-8-18-13(3)9-15/h12-16H,4-11H2,1-3H3. The quantitative estimate of drug-likeness (QED) is 0.818. The molecule has 0 spiro atoms. The van der Waals surface area contributed by atoms with Crippen molar-refractivity contribution in [1.82, 2.24) is 10.2 Å². The lowest BCUT2D eigenvalue weighted by molar-refractivity contribution is -0.0225. The van der Waals surface area contributed by atoms with Gasteiger partial charge in [-0.3, -0.25) is 4.90 Å². The molecule has 2 aliphatic heterocycles. The molecule has 2 fully saturated rings. The Bertz CT molecular complexity index is 247. The minimum atomic E-state index is 0.449. The van der Waals surface area contributed by atoms with Crippen molar-refractivity contribution in [2.24, 2.45) is 5.92 Å². The fourth-order valence-electron chi connectivity index (χ4n) is 3.33. The van der Waals surface area contributed by atoms with Crippen LogP contribution in [-0.2, 0) is 4.74 Å². The average molecular weight is 254 g/mol. The molecule has 0 saturated carbocycles. The zero-order valence-corrected chi connectivity index (χ0v) is 12.3. The minimum Gasteiger partial charge on any atom is -0.378 e. The smallest absolute Gasteiger partial charge is 0.0561 e. The third-order valence-corrected chi connectivity index (χ3v) is 4.53. The van der Waals surface area contributed by atoms with E-state index in [2.05, 4.69) is 31.0 Å². The first kappa shape index (κ1) is 14.3. The molecule has 0 aliphatic carbocycles. The zero-order valence-electron chi connectivity index (χ0n) is 12.3. The van der Waals surface area contributed by atoms with E-state index < -0.39 is 0 Å². The molecule has 1 N–H and O–H groups in total. The van der Waals surface area contributed by atoms with Gasteiger partial charge in [0.1, 0.15) is 0 Å². The maximum Gasteiger partial charge on any atom is 0.0561 e. The van der Waals surface area contributed by atoms with Gasteiger partial charge in [0, 0.05) is 25.2 Å². The molecular weight excluding hydrogens is 224 g/mol. The number of nitrogens with zero attached hydrogens (tertiary/aromatic N) is 1. The SMILES string of the molecule is CCC1CCN(C2CCOC(C)C2)CC(C)CN1. The van der Waals surface area contributed by atoms with Gasteiger partial charge in [-0.05, 0) is 51.6 Å². The summed E-state index contributed by atoms with van der Waals surface area (Å²) in [5.74, 6) is 0.762. The Hall–Kier alpha value is -0.120. The summed E-state index contributed by atoms with van der Waals surface area (Å²) in [4.78, 5) is 2.74. The summed E-state index contributed by atoms with van der Waals surface area (Å²) in [6.45, 7) is 11.5. The van der Waals surface area contributed by atoms with Crippen LogP contribution < -0.4 is 5.32 Å². The second kappa shape index (κ2) is 6.88. The normalized spacial score (nSPS) is 40.2. The summed E-state index contributed by atoms with van der Waals surface area (Å²) in [7, 11) is 0. The van der Waals surface area contributed by atoms with Crippen molar-refractivity contribution in [3.05, 3.63) is 0 Å². The van der Waals surface area contributed by atoms with Gasteiger partial charge in [-0.25, -0.2) is 0 Å². The maximum absolute atomic E-state index is 5.68. The Morgan fingerprint density at radius 1 is 1.28 bits per heavy atom. The van der Waals surface area contributed by atoms with E-state index in [0.717, 1.165) is 18.6 Å². The molecule has 2 rings (SSSR count). The molecule has 0 bridgehead atoms. The zero-order chi connectivity index (χ0) is 13.0. The van der Waals surface area contributed by atoms with Gasteiger partial charge in [-0.2, -0.15) is 0 Å². The lowest BCUT2D eigenvalue weighted by atomic mass is 9.98. The van der Waals surface area contributed by atoms with Crippen molar-refractivity contribution in [3.8, 4) is 0 Å². The lowest BCUT2D eigenvalue weighted by Crippen LogP contribution is -2.49. The second-order valence-corrected chi connectivity index (χ2v) is 6.26. The number of ether oxygens (including phenoxy) is 1. The van der Waals surface area contributed by atoms with Crippen molar-refractivity contribution in [1.29, 1.82) is 0 Å². The summed E-state index contributed by atoms with van der Waals surface area (Å²) in [5.41, 5.74) is 0. The molecule has 0 aromatic heterocycles. The summed E-state index contributed by atoms with van der Waals surface area (Å²) in [5, 5.41) is 3.70. The van der Waals surface area contributed by atoms with Crippen LogP contribution in [0.1, 0.15) is 46.5 Å². The van der Waals surface area contributed by atoms with Crippen LogP contribution >= 0.6 is 0 Å². The Morgan fingerprint density at radius 3 is 2.83 bits per heavy atom. The number of hydrogen-bond acceptors (Lipinski definition) is 3. The van der Waals surface area contributed by atoms with E-state index in [0.29, 0.717) is 12.1 Å². The molecule has 4 unspecified atom stereocenters. The Kier molecular flexibility index (Phi) is 5.46. The first-order valence-electron chi connectivity index (χ1n) is 7.78. The van der Waals surface area contributed by atoms with E-state index in [1.165, 1.54) is 45.3 Å². The highest BCUT2D eigenvalue weighted by molar-refractivity contribution is 4.83. The van der Waals surface area contributed by atoms with Crippen LogP contribution in [0.3, 0.4) is 0 Å². The molecule has 2 saturated heterocycles. The lowest BCUT2D eigenvalue weighted by Gasteiger charge is -2.40. The van der Waals surface area contributed by atoms with E-state index in [9.17, 15) is 0 Å². The van der Waals surface area contributed by atoms with Crippen LogP contribution in [0.25, 0.3) is 0 Å². The summed E-state index contributed by atoms with van der Waals surface area (Å²) in [6, 6.07) is 1.47.